The predicted octanol–water partition coefficient (Wildman–Crippen LogP) is 4.48. The average molecular weight is 579 g/mol. The van der Waals surface area contributed by atoms with Crippen LogP contribution in [0.1, 0.15) is 71.8 Å². The Balaban J connectivity index is 1.61. The van der Waals surface area contributed by atoms with Crippen molar-refractivity contribution in [2.45, 2.75) is 56.9 Å². The molecule has 2 saturated carbocycles. The third kappa shape index (κ3) is 4.43. The van der Waals surface area contributed by atoms with Gasteiger partial charge in [0.05, 0.1) is 18.2 Å². The molecule has 2 atom stereocenters. The van der Waals surface area contributed by atoms with Crippen molar-refractivity contribution in [1.29, 1.82) is 0 Å². The van der Waals surface area contributed by atoms with Gasteiger partial charge in [-0.05, 0) is 66.6 Å². The van der Waals surface area contributed by atoms with E-state index in [2.05, 4.69) is 21.4 Å². The molecule has 2 unspecified atom stereocenters. The van der Waals surface area contributed by atoms with Crippen LogP contribution in [0, 0.1) is 5.41 Å². The SMILES string of the molecule is COc1ccc2c(c1)C1CC1(C(=O)N(C)C)Cn1c-2c(C2CCCCC2)c2ccc(C(=O)NS(=O)(=O)N(C)C)cc21. The lowest BCUT2D eigenvalue weighted by Gasteiger charge is -2.24. The van der Waals surface area contributed by atoms with E-state index in [1.165, 1.54) is 38.9 Å². The van der Waals surface area contributed by atoms with Crippen LogP contribution in [0.2, 0.25) is 0 Å². The summed E-state index contributed by atoms with van der Waals surface area (Å²) in [4.78, 5) is 28.6. The van der Waals surface area contributed by atoms with E-state index in [1.807, 2.05) is 12.1 Å². The number of methoxy groups -OCH3 is 1. The van der Waals surface area contributed by atoms with Crippen LogP contribution in [0.5, 0.6) is 5.75 Å². The van der Waals surface area contributed by atoms with Gasteiger partial charge in [0.25, 0.3) is 5.91 Å². The number of rotatable bonds is 6. The molecule has 1 N–H and O–H groups in total. The molecule has 1 aromatic heterocycles. The lowest BCUT2D eigenvalue weighted by Crippen LogP contribution is -2.39. The minimum atomic E-state index is -3.95. The molecule has 0 bridgehead atoms. The van der Waals surface area contributed by atoms with Crippen LogP contribution in [-0.4, -0.2) is 69.3 Å². The Bertz CT molecular complexity index is 1670. The molecule has 0 spiro atoms. The van der Waals surface area contributed by atoms with Crippen molar-refractivity contribution >= 4 is 32.9 Å². The van der Waals surface area contributed by atoms with Gasteiger partial charge in [0.1, 0.15) is 5.75 Å². The number of fused-ring (bicyclic) bond motifs is 7. The number of hydrogen-bond acceptors (Lipinski definition) is 5. The van der Waals surface area contributed by atoms with Crippen molar-refractivity contribution in [3.05, 3.63) is 53.1 Å². The molecule has 2 amide bonds. The standard InChI is InChI=1S/C31H38N4O5S/c1-33(2)30(37)31-17-25(31)24-16-21(40-5)12-14-22(24)28-27(19-9-7-6-8-10-19)23-13-11-20(15-26(23)35(28)18-31)29(36)32-41(38,39)34(3)4/h11-16,19,25H,6-10,17-18H2,1-5H3,(H,32,36). The summed E-state index contributed by atoms with van der Waals surface area (Å²) in [5.74, 6) is 0.606. The number of amides is 2. The number of carbonyl (C=O) groups is 2. The number of hydrogen-bond donors (Lipinski definition) is 1. The zero-order chi connectivity index (χ0) is 29.3. The third-order valence-corrected chi connectivity index (χ3v) is 10.7. The molecule has 3 aromatic rings. The Kier molecular flexibility index (Phi) is 6.69. The first-order chi connectivity index (χ1) is 19.5. The van der Waals surface area contributed by atoms with Gasteiger partial charge in [-0.3, -0.25) is 9.59 Å². The number of nitrogens with one attached hydrogen (secondary N) is 1. The maximum absolute atomic E-state index is 13.8. The second kappa shape index (κ2) is 9.87. The van der Waals surface area contributed by atoms with Crippen LogP contribution in [0.25, 0.3) is 22.2 Å². The number of nitrogens with zero attached hydrogens (tertiary/aromatic N) is 3. The van der Waals surface area contributed by atoms with Gasteiger partial charge in [-0.15, -0.1) is 0 Å². The molecule has 1 aliphatic heterocycles. The first-order valence-corrected chi connectivity index (χ1v) is 15.7. The Morgan fingerprint density at radius 3 is 2.41 bits per heavy atom. The van der Waals surface area contributed by atoms with E-state index < -0.39 is 21.5 Å². The summed E-state index contributed by atoms with van der Waals surface area (Å²) in [6.45, 7) is 0.491. The van der Waals surface area contributed by atoms with Crippen molar-refractivity contribution < 1.29 is 22.7 Å². The second-order valence-corrected chi connectivity index (χ2v) is 14.1. The molecule has 0 radical (unpaired) electrons. The third-order valence-electron chi connectivity index (χ3n) is 9.32. The fourth-order valence-corrected chi connectivity index (χ4v) is 7.67. The van der Waals surface area contributed by atoms with E-state index in [9.17, 15) is 18.0 Å². The summed E-state index contributed by atoms with van der Waals surface area (Å²) in [6, 6.07) is 11.7. The van der Waals surface area contributed by atoms with Gasteiger partial charge in [0, 0.05) is 62.7 Å². The molecule has 2 aliphatic carbocycles. The lowest BCUT2D eigenvalue weighted by molar-refractivity contribution is -0.135. The summed E-state index contributed by atoms with van der Waals surface area (Å²) >= 11 is 0. The van der Waals surface area contributed by atoms with Crippen LogP contribution in [0.4, 0.5) is 0 Å². The van der Waals surface area contributed by atoms with Crippen LogP contribution in [-0.2, 0) is 21.5 Å². The first kappa shape index (κ1) is 27.8. The van der Waals surface area contributed by atoms with Crippen LogP contribution in [0.3, 0.4) is 0 Å². The fraction of sp³-hybridized carbons (Fsp3) is 0.484. The van der Waals surface area contributed by atoms with Gasteiger partial charge < -0.3 is 14.2 Å². The maximum atomic E-state index is 13.8. The maximum Gasteiger partial charge on any atom is 0.303 e. The van der Waals surface area contributed by atoms with E-state index >= 15 is 0 Å². The molecule has 6 rings (SSSR count). The van der Waals surface area contributed by atoms with Gasteiger partial charge in [-0.2, -0.15) is 12.7 Å². The molecule has 3 aliphatic rings. The highest BCUT2D eigenvalue weighted by molar-refractivity contribution is 7.87. The minimum Gasteiger partial charge on any atom is -0.497 e. The van der Waals surface area contributed by atoms with Crippen LogP contribution in [0.15, 0.2) is 36.4 Å². The Hall–Kier alpha value is -3.37. The van der Waals surface area contributed by atoms with Crippen molar-refractivity contribution in [1.82, 2.24) is 18.5 Å². The van der Waals surface area contributed by atoms with Gasteiger partial charge in [-0.1, -0.05) is 25.3 Å². The van der Waals surface area contributed by atoms with E-state index in [4.69, 9.17) is 4.74 Å². The fourth-order valence-electron chi connectivity index (χ4n) is 7.13. The van der Waals surface area contributed by atoms with Gasteiger partial charge >= 0.3 is 10.2 Å². The number of ether oxygens (including phenoxy) is 1. The topological polar surface area (TPSA) is 101 Å². The van der Waals surface area contributed by atoms with Crippen molar-refractivity contribution in [3.8, 4) is 17.0 Å². The highest BCUT2D eigenvalue weighted by atomic mass is 32.2. The minimum absolute atomic E-state index is 0.0633. The summed E-state index contributed by atoms with van der Waals surface area (Å²) in [6.07, 6.45) is 6.48. The zero-order valence-electron chi connectivity index (χ0n) is 24.4. The molecule has 9 nitrogen and oxygen atoms in total. The predicted molar refractivity (Wildman–Crippen MR) is 158 cm³/mol. The summed E-state index contributed by atoms with van der Waals surface area (Å²) in [5.41, 5.74) is 5.15. The van der Waals surface area contributed by atoms with Gasteiger partial charge in [0.2, 0.25) is 5.91 Å². The highest BCUT2D eigenvalue weighted by Crippen LogP contribution is 2.66. The molecule has 2 aromatic carbocycles. The largest absolute Gasteiger partial charge is 0.497 e. The number of aromatic nitrogens is 1. The van der Waals surface area contributed by atoms with Gasteiger partial charge in [-0.25, -0.2) is 4.72 Å². The molecule has 218 valence electrons. The van der Waals surface area contributed by atoms with Crippen molar-refractivity contribution in [2.75, 3.05) is 35.3 Å². The normalized spacial score (nSPS) is 22.0. The average Bonchev–Trinajstić information content (AvgIpc) is 3.62. The first-order valence-electron chi connectivity index (χ1n) is 14.3. The van der Waals surface area contributed by atoms with Crippen molar-refractivity contribution in [3.63, 3.8) is 0 Å². The quantitative estimate of drug-likeness (QED) is 0.465. The molecule has 10 heteroatoms. The number of benzene rings is 2. The zero-order valence-corrected chi connectivity index (χ0v) is 25.2. The molecule has 0 saturated heterocycles. The summed E-state index contributed by atoms with van der Waals surface area (Å²) in [5, 5.41) is 1.06. The lowest BCUT2D eigenvalue weighted by atomic mass is 9.81. The molecular formula is C31H38N4O5S. The van der Waals surface area contributed by atoms with E-state index in [0.717, 1.165) is 57.0 Å². The molecule has 2 fully saturated rings. The molecule has 2 heterocycles. The van der Waals surface area contributed by atoms with Crippen LogP contribution < -0.4 is 9.46 Å². The molecular weight excluding hydrogens is 540 g/mol. The smallest absolute Gasteiger partial charge is 0.303 e. The highest BCUT2D eigenvalue weighted by Gasteiger charge is 2.63. The van der Waals surface area contributed by atoms with E-state index in [0.29, 0.717) is 12.5 Å². The number of carbonyl (C=O) groups excluding carboxylic acids is 2. The Morgan fingerprint density at radius 2 is 1.76 bits per heavy atom. The van der Waals surface area contributed by atoms with Crippen LogP contribution >= 0.6 is 0 Å². The second-order valence-electron chi connectivity index (χ2n) is 12.2. The Labute approximate surface area is 241 Å². The Morgan fingerprint density at radius 1 is 1.02 bits per heavy atom. The summed E-state index contributed by atoms with van der Waals surface area (Å²) < 4.78 is 35.8. The summed E-state index contributed by atoms with van der Waals surface area (Å²) in [7, 11) is 4.08. The van der Waals surface area contributed by atoms with Gasteiger partial charge in [0.15, 0.2) is 0 Å². The van der Waals surface area contributed by atoms with E-state index in [-0.39, 0.29) is 17.4 Å². The van der Waals surface area contributed by atoms with Crippen molar-refractivity contribution in [2.24, 2.45) is 5.41 Å². The van der Waals surface area contributed by atoms with E-state index in [1.54, 1.807) is 38.2 Å². The molecule has 41 heavy (non-hydrogen) atoms. The monoisotopic (exact) mass is 578 g/mol.